The Balaban J connectivity index is 1.29. The minimum absolute atomic E-state index is 0.0144. The molecule has 0 aromatic heterocycles. The highest BCUT2D eigenvalue weighted by molar-refractivity contribution is 6.58. The van der Waals surface area contributed by atoms with Gasteiger partial charge in [-0.2, -0.15) is 0 Å². The van der Waals surface area contributed by atoms with Gasteiger partial charge in [-0.1, -0.05) is 81.4 Å². The third-order valence-electron chi connectivity index (χ3n) is 8.20. The lowest BCUT2D eigenvalue weighted by Crippen LogP contribution is -2.22. The number of methoxy groups -OCH3 is 1. The SMILES string of the molecule is CCC[Si]1CCC(CCC2CCC(c3ccc(-c4ccc(OC)cc4)c(F)c3F)CC2)CC1. The highest BCUT2D eigenvalue weighted by atomic mass is 28.3. The summed E-state index contributed by atoms with van der Waals surface area (Å²) in [5.74, 6) is 1.20. The zero-order valence-electron chi connectivity index (χ0n) is 20.3. The van der Waals surface area contributed by atoms with E-state index in [0.717, 1.165) is 37.5 Å². The minimum Gasteiger partial charge on any atom is -0.497 e. The Morgan fingerprint density at radius 2 is 1.45 bits per heavy atom. The molecule has 179 valence electrons. The standard InChI is InChI=1S/C29H39F2OSi/c1-3-18-33-19-16-22(17-20-33)5-4-21-6-8-23(9-7-21)26-14-15-27(29(31)28(26)30)24-10-12-25(32-2)13-11-24/h10-15,21-23H,3-9,16-20H2,1-2H3. The molecule has 0 N–H and O–H groups in total. The smallest absolute Gasteiger partial charge is 0.166 e. The third-order valence-corrected chi connectivity index (χ3v) is 11.4. The highest BCUT2D eigenvalue weighted by Crippen LogP contribution is 2.41. The van der Waals surface area contributed by atoms with E-state index in [4.69, 9.17) is 4.74 Å². The van der Waals surface area contributed by atoms with Gasteiger partial charge in [-0.3, -0.25) is 0 Å². The summed E-state index contributed by atoms with van der Waals surface area (Å²) in [6.45, 7) is 2.33. The molecular weight excluding hydrogens is 430 g/mol. The topological polar surface area (TPSA) is 9.23 Å². The maximum Gasteiger partial charge on any atom is 0.166 e. The van der Waals surface area contributed by atoms with Crippen LogP contribution in [0.2, 0.25) is 18.1 Å². The molecule has 1 nitrogen and oxygen atoms in total. The lowest BCUT2D eigenvalue weighted by atomic mass is 9.76. The van der Waals surface area contributed by atoms with Crippen molar-refractivity contribution in [2.45, 2.75) is 88.8 Å². The first kappa shape index (κ1) is 24.4. The molecule has 2 fully saturated rings. The van der Waals surface area contributed by atoms with Crippen LogP contribution in [0, 0.1) is 23.5 Å². The maximum atomic E-state index is 15.1. The summed E-state index contributed by atoms with van der Waals surface area (Å²) in [6, 6.07) is 15.3. The van der Waals surface area contributed by atoms with E-state index in [1.54, 1.807) is 37.4 Å². The fourth-order valence-electron chi connectivity index (χ4n) is 6.08. The second-order valence-corrected chi connectivity index (χ2v) is 13.3. The molecule has 0 bridgehead atoms. The Morgan fingerprint density at radius 3 is 2.06 bits per heavy atom. The van der Waals surface area contributed by atoms with E-state index in [1.807, 2.05) is 6.07 Å². The summed E-state index contributed by atoms with van der Waals surface area (Å²) in [5, 5.41) is 0. The zero-order valence-corrected chi connectivity index (χ0v) is 21.3. The van der Waals surface area contributed by atoms with Crippen molar-refractivity contribution in [1.29, 1.82) is 0 Å². The quantitative estimate of drug-likeness (QED) is 0.350. The zero-order chi connectivity index (χ0) is 23.2. The molecule has 0 amide bonds. The van der Waals surface area contributed by atoms with Gasteiger partial charge in [-0.15, -0.1) is 0 Å². The van der Waals surface area contributed by atoms with Crippen LogP contribution < -0.4 is 4.74 Å². The van der Waals surface area contributed by atoms with Crippen molar-refractivity contribution in [1.82, 2.24) is 0 Å². The van der Waals surface area contributed by atoms with Crippen LogP contribution in [-0.4, -0.2) is 15.9 Å². The van der Waals surface area contributed by atoms with Crippen molar-refractivity contribution in [3.63, 3.8) is 0 Å². The van der Waals surface area contributed by atoms with E-state index in [9.17, 15) is 4.39 Å². The van der Waals surface area contributed by atoms with Gasteiger partial charge in [0.2, 0.25) is 0 Å². The second kappa shape index (κ2) is 11.6. The van der Waals surface area contributed by atoms with Crippen LogP contribution in [0.15, 0.2) is 36.4 Å². The van der Waals surface area contributed by atoms with Gasteiger partial charge < -0.3 is 4.74 Å². The van der Waals surface area contributed by atoms with Crippen molar-refractivity contribution in [2.24, 2.45) is 11.8 Å². The van der Waals surface area contributed by atoms with Crippen molar-refractivity contribution in [3.8, 4) is 16.9 Å². The van der Waals surface area contributed by atoms with Gasteiger partial charge in [0, 0.05) is 14.4 Å². The average Bonchev–Trinajstić information content (AvgIpc) is 2.86. The molecule has 4 heteroatoms. The van der Waals surface area contributed by atoms with Gasteiger partial charge in [0.05, 0.1) is 7.11 Å². The number of benzene rings is 2. The van der Waals surface area contributed by atoms with Crippen LogP contribution in [0.1, 0.15) is 76.2 Å². The number of ether oxygens (including phenoxy) is 1. The molecule has 1 aliphatic heterocycles. The highest BCUT2D eigenvalue weighted by Gasteiger charge is 2.28. The number of rotatable bonds is 8. The van der Waals surface area contributed by atoms with E-state index in [0.29, 0.717) is 22.4 Å². The Kier molecular flexibility index (Phi) is 8.62. The molecule has 4 rings (SSSR count). The minimum atomic E-state index is -0.721. The largest absolute Gasteiger partial charge is 0.497 e. The summed E-state index contributed by atoms with van der Waals surface area (Å²) in [4.78, 5) is 0. The van der Waals surface area contributed by atoms with Gasteiger partial charge in [0.15, 0.2) is 11.6 Å². The molecule has 1 aliphatic carbocycles. The normalized spacial score (nSPS) is 22.4. The van der Waals surface area contributed by atoms with Crippen molar-refractivity contribution in [2.75, 3.05) is 7.11 Å². The predicted octanol–water partition coefficient (Wildman–Crippen LogP) is 9.01. The molecular formula is C29H39F2OSi. The first-order valence-corrected chi connectivity index (χ1v) is 15.2. The Morgan fingerprint density at radius 1 is 0.818 bits per heavy atom. The number of halogens is 2. The molecule has 1 heterocycles. The third kappa shape index (κ3) is 6.06. The molecule has 2 aliphatic rings. The Labute approximate surface area is 200 Å². The van der Waals surface area contributed by atoms with Gasteiger partial charge >= 0.3 is 0 Å². The average molecular weight is 470 g/mol. The first-order chi connectivity index (χ1) is 16.1. The number of hydrogen-bond acceptors (Lipinski definition) is 1. The lowest BCUT2D eigenvalue weighted by Gasteiger charge is -2.32. The summed E-state index contributed by atoms with van der Waals surface area (Å²) >= 11 is 0. The molecule has 1 radical (unpaired) electrons. The van der Waals surface area contributed by atoms with Crippen LogP contribution in [0.25, 0.3) is 11.1 Å². The molecule has 1 saturated carbocycles. The summed E-state index contributed by atoms with van der Waals surface area (Å²) in [6.07, 6.45) is 11.3. The molecule has 0 atom stereocenters. The Hall–Kier alpha value is -1.68. The lowest BCUT2D eigenvalue weighted by molar-refractivity contribution is 0.277. The van der Waals surface area contributed by atoms with Gasteiger partial charge in [0.1, 0.15) is 5.75 Å². The molecule has 0 spiro atoms. The predicted molar refractivity (Wildman–Crippen MR) is 135 cm³/mol. The second-order valence-electron chi connectivity index (χ2n) is 10.3. The van der Waals surface area contributed by atoms with Crippen LogP contribution in [0.4, 0.5) is 8.78 Å². The number of hydrogen-bond donors (Lipinski definition) is 0. The van der Waals surface area contributed by atoms with E-state index < -0.39 is 11.6 Å². The van der Waals surface area contributed by atoms with Crippen LogP contribution in [0.5, 0.6) is 5.75 Å². The van der Waals surface area contributed by atoms with Crippen molar-refractivity contribution in [3.05, 3.63) is 53.6 Å². The fraction of sp³-hybridized carbons (Fsp3) is 0.586. The van der Waals surface area contributed by atoms with Crippen molar-refractivity contribution >= 4 is 8.80 Å². The van der Waals surface area contributed by atoms with E-state index >= 15 is 4.39 Å². The van der Waals surface area contributed by atoms with Gasteiger partial charge in [-0.25, -0.2) is 8.78 Å². The first-order valence-electron chi connectivity index (χ1n) is 13.0. The fourth-order valence-corrected chi connectivity index (χ4v) is 9.17. The Bertz CT molecular complexity index is 881. The van der Waals surface area contributed by atoms with Crippen LogP contribution in [0.3, 0.4) is 0 Å². The molecule has 0 unspecified atom stereocenters. The molecule has 2 aromatic carbocycles. The van der Waals surface area contributed by atoms with Crippen LogP contribution >= 0.6 is 0 Å². The molecule has 2 aromatic rings. The van der Waals surface area contributed by atoms with E-state index in [-0.39, 0.29) is 14.7 Å². The van der Waals surface area contributed by atoms with Gasteiger partial charge in [0.25, 0.3) is 0 Å². The van der Waals surface area contributed by atoms with E-state index in [1.165, 1.54) is 50.2 Å². The summed E-state index contributed by atoms with van der Waals surface area (Å²) in [7, 11) is 1.58. The maximum absolute atomic E-state index is 15.1. The van der Waals surface area contributed by atoms with Crippen LogP contribution in [-0.2, 0) is 0 Å². The molecule has 1 saturated heterocycles. The summed E-state index contributed by atoms with van der Waals surface area (Å²) in [5.41, 5.74) is 1.57. The van der Waals surface area contributed by atoms with E-state index in [2.05, 4.69) is 6.92 Å². The van der Waals surface area contributed by atoms with Crippen molar-refractivity contribution < 1.29 is 13.5 Å². The summed E-state index contributed by atoms with van der Waals surface area (Å²) < 4.78 is 35.2. The monoisotopic (exact) mass is 469 g/mol. The molecule has 33 heavy (non-hydrogen) atoms. The van der Waals surface area contributed by atoms with Gasteiger partial charge in [-0.05, 0) is 66.7 Å².